The summed E-state index contributed by atoms with van der Waals surface area (Å²) >= 11 is 7.11. The minimum absolute atomic E-state index is 0.342. The number of benzene rings is 1. The summed E-state index contributed by atoms with van der Waals surface area (Å²) in [6, 6.07) is 4.30. The van der Waals surface area contributed by atoms with Gasteiger partial charge in [0.1, 0.15) is 5.82 Å². The van der Waals surface area contributed by atoms with Crippen LogP contribution in [0.25, 0.3) is 10.1 Å². The molecular formula is C9H4ClFOS. The van der Waals surface area contributed by atoms with Gasteiger partial charge in [0.2, 0.25) is 0 Å². The molecule has 1 heterocycles. The Bertz CT molecular complexity index is 478. The molecule has 0 saturated heterocycles. The third-order valence-corrected chi connectivity index (χ3v) is 3.34. The minimum Gasteiger partial charge on any atom is -0.297 e. The van der Waals surface area contributed by atoms with E-state index in [1.54, 1.807) is 6.07 Å². The Balaban J connectivity index is 2.84. The van der Waals surface area contributed by atoms with Gasteiger partial charge in [0.25, 0.3) is 0 Å². The zero-order chi connectivity index (χ0) is 9.42. The van der Waals surface area contributed by atoms with Gasteiger partial charge in [-0.15, -0.1) is 11.3 Å². The van der Waals surface area contributed by atoms with Crippen molar-refractivity contribution in [1.29, 1.82) is 0 Å². The van der Waals surface area contributed by atoms with Crippen LogP contribution in [-0.4, -0.2) is 6.29 Å². The van der Waals surface area contributed by atoms with Gasteiger partial charge in [0.05, 0.1) is 9.90 Å². The molecule has 0 aliphatic heterocycles. The fourth-order valence-electron chi connectivity index (χ4n) is 1.13. The third-order valence-electron chi connectivity index (χ3n) is 1.72. The number of hydrogen-bond donors (Lipinski definition) is 0. The van der Waals surface area contributed by atoms with E-state index in [1.165, 1.54) is 23.5 Å². The number of hydrogen-bond acceptors (Lipinski definition) is 2. The fourth-order valence-corrected chi connectivity index (χ4v) is 2.40. The standard InChI is InChI=1S/C9H4ClFOS/c10-9-6-3-5(11)1-2-7(6)13-8(9)4-12/h1-4H. The molecule has 0 N–H and O–H groups in total. The van der Waals surface area contributed by atoms with Crippen molar-refractivity contribution in [2.45, 2.75) is 0 Å². The number of halogens is 2. The highest BCUT2D eigenvalue weighted by Gasteiger charge is 2.09. The van der Waals surface area contributed by atoms with E-state index in [2.05, 4.69) is 0 Å². The van der Waals surface area contributed by atoms with E-state index in [0.29, 0.717) is 21.6 Å². The second kappa shape index (κ2) is 3.09. The van der Waals surface area contributed by atoms with E-state index >= 15 is 0 Å². The molecule has 1 aromatic heterocycles. The van der Waals surface area contributed by atoms with E-state index in [1.807, 2.05) is 0 Å². The van der Waals surface area contributed by atoms with E-state index in [9.17, 15) is 9.18 Å². The van der Waals surface area contributed by atoms with Crippen LogP contribution in [0.15, 0.2) is 18.2 Å². The molecule has 0 spiro atoms. The van der Waals surface area contributed by atoms with Crippen molar-refractivity contribution in [3.05, 3.63) is 33.9 Å². The maximum Gasteiger partial charge on any atom is 0.161 e. The summed E-state index contributed by atoms with van der Waals surface area (Å²) in [5.74, 6) is -0.343. The molecule has 2 rings (SSSR count). The van der Waals surface area contributed by atoms with Crippen LogP contribution in [0.1, 0.15) is 9.67 Å². The van der Waals surface area contributed by atoms with Crippen LogP contribution in [-0.2, 0) is 0 Å². The number of thiophene rings is 1. The second-order valence-corrected chi connectivity index (χ2v) is 4.00. The van der Waals surface area contributed by atoms with Gasteiger partial charge >= 0.3 is 0 Å². The number of carbonyl (C=O) groups is 1. The van der Waals surface area contributed by atoms with Crippen molar-refractivity contribution >= 4 is 39.3 Å². The number of fused-ring (bicyclic) bond motifs is 1. The normalized spacial score (nSPS) is 10.6. The van der Waals surface area contributed by atoms with Crippen LogP contribution in [0.4, 0.5) is 4.39 Å². The number of rotatable bonds is 1. The first-order chi connectivity index (χ1) is 6.22. The molecule has 4 heteroatoms. The molecule has 0 bridgehead atoms. The molecule has 0 saturated carbocycles. The van der Waals surface area contributed by atoms with Crippen molar-refractivity contribution in [2.24, 2.45) is 0 Å². The lowest BCUT2D eigenvalue weighted by Gasteiger charge is -1.89. The SMILES string of the molecule is O=Cc1sc2ccc(F)cc2c1Cl. The van der Waals surface area contributed by atoms with E-state index in [-0.39, 0.29) is 5.82 Å². The van der Waals surface area contributed by atoms with Crippen LogP contribution < -0.4 is 0 Å². The number of aldehydes is 1. The van der Waals surface area contributed by atoms with Gasteiger partial charge in [-0.3, -0.25) is 4.79 Å². The Kier molecular flexibility index (Phi) is 2.06. The van der Waals surface area contributed by atoms with Crippen molar-refractivity contribution in [3.63, 3.8) is 0 Å². The molecular weight excluding hydrogens is 211 g/mol. The molecule has 0 aliphatic carbocycles. The van der Waals surface area contributed by atoms with E-state index in [0.717, 1.165) is 4.70 Å². The third kappa shape index (κ3) is 1.34. The lowest BCUT2D eigenvalue weighted by atomic mass is 10.2. The summed E-state index contributed by atoms with van der Waals surface area (Å²) in [6.07, 6.45) is 0.685. The molecule has 0 atom stereocenters. The van der Waals surface area contributed by atoms with Gasteiger partial charge in [-0.2, -0.15) is 0 Å². The highest BCUT2D eigenvalue weighted by molar-refractivity contribution is 7.21. The zero-order valence-electron chi connectivity index (χ0n) is 6.38. The van der Waals surface area contributed by atoms with Crippen LogP contribution >= 0.6 is 22.9 Å². The van der Waals surface area contributed by atoms with Gasteiger partial charge in [-0.25, -0.2) is 4.39 Å². The van der Waals surface area contributed by atoms with Gasteiger partial charge in [0, 0.05) is 10.1 Å². The quantitative estimate of drug-likeness (QED) is 0.664. The van der Waals surface area contributed by atoms with Gasteiger partial charge < -0.3 is 0 Å². The highest BCUT2D eigenvalue weighted by atomic mass is 35.5. The molecule has 2 aromatic rings. The summed E-state index contributed by atoms with van der Waals surface area (Å²) in [5.41, 5.74) is 0. The lowest BCUT2D eigenvalue weighted by molar-refractivity contribution is 0.112. The number of carbonyl (C=O) groups excluding carboxylic acids is 1. The van der Waals surface area contributed by atoms with Gasteiger partial charge in [-0.1, -0.05) is 11.6 Å². The largest absolute Gasteiger partial charge is 0.297 e. The molecule has 1 aromatic carbocycles. The van der Waals surface area contributed by atoms with Crippen LogP contribution in [0, 0.1) is 5.82 Å². The molecule has 0 fully saturated rings. The summed E-state index contributed by atoms with van der Waals surface area (Å²) in [7, 11) is 0. The Morgan fingerprint density at radius 3 is 2.92 bits per heavy atom. The van der Waals surface area contributed by atoms with Crippen LogP contribution in [0.3, 0.4) is 0 Å². The summed E-state index contributed by atoms with van der Waals surface area (Å²) in [5, 5.41) is 0.947. The molecule has 0 aliphatic rings. The molecule has 1 nitrogen and oxygen atoms in total. The molecule has 0 radical (unpaired) electrons. The first-order valence-electron chi connectivity index (χ1n) is 3.55. The Morgan fingerprint density at radius 2 is 2.23 bits per heavy atom. The first-order valence-corrected chi connectivity index (χ1v) is 4.74. The Hall–Kier alpha value is -0.930. The molecule has 13 heavy (non-hydrogen) atoms. The second-order valence-electron chi connectivity index (χ2n) is 2.54. The van der Waals surface area contributed by atoms with E-state index in [4.69, 9.17) is 11.6 Å². The molecule has 0 amide bonds. The fraction of sp³-hybridized carbons (Fsp3) is 0. The molecule has 0 unspecified atom stereocenters. The predicted octanol–water partition coefficient (Wildman–Crippen LogP) is 3.51. The average Bonchev–Trinajstić information content (AvgIpc) is 2.44. The highest BCUT2D eigenvalue weighted by Crippen LogP contribution is 2.34. The maximum atomic E-state index is 12.8. The average molecular weight is 215 g/mol. The zero-order valence-corrected chi connectivity index (χ0v) is 7.95. The van der Waals surface area contributed by atoms with Crippen LogP contribution in [0.2, 0.25) is 5.02 Å². The summed E-state index contributed by atoms with van der Waals surface area (Å²) in [6.45, 7) is 0. The predicted molar refractivity (Wildman–Crippen MR) is 52.2 cm³/mol. The maximum absolute atomic E-state index is 12.8. The lowest BCUT2D eigenvalue weighted by Crippen LogP contribution is -1.72. The smallest absolute Gasteiger partial charge is 0.161 e. The van der Waals surface area contributed by atoms with Crippen molar-refractivity contribution in [2.75, 3.05) is 0 Å². The Labute approximate surface area is 82.7 Å². The first kappa shape index (κ1) is 8.66. The minimum atomic E-state index is -0.343. The van der Waals surface area contributed by atoms with Crippen molar-refractivity contribution in [3.8, 4) is 0 Å². The summed E-state index contributed by atoms with van der Waals surface area (Å²) in [4.78, 5) is 11.0. The molecule has 66 valence electrons. The van der Waals surface area contributed by atoms with Crippen LogP contribution in [0.5, 0.6) is 0 Å². The Morgan fingerprint density at radius 1 is 1.46 bits per heavy atom. The monoisotopic (exact) mass is 214 g/mol. The van der Waals surface area contributed by atoms with Crippen molar-refractivity contribution < 1.29 is 9.18 Å². The van der Waals surface area contributed by atoms with Gasteiger partial charge in [0.15, 0.2) is 6.29 Å². The van der Waals surface area contributed by atoms with Crippen molar-refractivity contribution in [1.82, 2.24) is 0 Å². The summed E-state index contributed by atoms with van der Waals surface area (Å²) < 4.78 is 13.6. The van der Waals surface area contributed by atoms with E-state index < -0.39 is 0 Å². The van der Waals surface area contributed by atoms with Gasteiger partial charge in [-0.05, 0) is 18.2 Å². The topological polar surface area (TPSA) is 17.1 Å².